The van der Waals surface area contributed by atoms with Gasteiger partial charge in [0.05, 0.1) is 5.25 Å². The highest BCUT2D eigenvalue weighted by Gasteiger charge is 2.07. The van der Waals surface area contributed by atoms with Gasteiger partial charge in [0.1, 0.15) is 0 Å². The van der Waals surface area contributed by atoms with Gasteiger partial charge >= 0.3 is 0 Å². The monoisotopic (exact) mass is 229 g/mol. The molecule has 1 amide bonds. The molecule has 0 bridgehead atoms. The maximum atomic E-state index is 11.2. The molecule has 0 radical (unpaired) electrons. The Morgan fingerprint density at radius 3 is 2.79 bits per heavy atom. The number of rotatable bonds is 3. The lowest BCUT2D eigenvalue weighted by Gasteiger charge is -2.08. The van der Waals surface area contributed by atoms with E-state index in [0.717, 1.165) is 5.56 Å². The molecule has 0 saturated carbocycles. The molecule has 1 atom stereocenters. The van der Waals surface area contributed by atoms with Gasteiger partial charge in [0.2, 0.25) is 5.91 Å². The first-order valence-electron chi connectivity index (χ1n) is 4.30. The molecule has 0 spiro atoms. The van der Waals surface area contributed by atoms with Crippen LogP contribution in [0.25, 0.3) is 0 Å². The summed E-state index contributed by atoms with van der Waals surface area (Å²) in [6, 6.07) is 7.42. The van der Waals surface area contributed by atoms with Crippen LogP contribution >= 0.6 is 24.2 Å². The van der Waals surface area contributed by atoms with Crippen molar-refractivity contribution in [1.82, 2.24) is 5.32 Å². The largest absolute Gasteiger partial charge is 0.351 e. The van der Waals surface area contributed by atoms with Crippen LogP contribution < -0.4 is 5.32 Å². The van der Waals surface area contributed by atoms with E-state index in [9.17, 15) is 4.79 Å². The van der Waals surface area contributed by atoms with E-state index in [1.807, 2.05) is 18.2 Å². The van der Waals surface area contributed by atoms with Gasteiger partial charge in [-0.2, -0.15) is 12.6 Å². The van der Waals surface area contributed by atoms with Gasteiger partial charge in [-0.15, -0.1) is 0 Å². The van der Waals surface area contributed by atoms with Crippen LogP contribution in [0, 0.1) is 0 Å². The van der Waals surface area contributed by atoms with Crippen molar-refractivity contribution in [2.24, 2.45) is 0 Å². The molecule has 4 heteroatoms. The molecule has 1 N–H and O–H groups in total. The Hall–Kier alpha value is -0.670. The second kappa shape index (κ2) is 5.27. The van der Waals surface area contributed by atoms with Crippen molar-refractivity contribution in [2.45, 2.75) is 18.7 Å². The molecule has 0 aliphatic carbocycles. The first kappa shape index (κ1) is 11.4. The molecule has 0 aliphatic heterocycles. The predicted molar refractivity (Wildman–Crippen MR) is 61.7 cm³/mol. The lowest BCUT2D eigenvalue weighted by molar-refractivity contribution is -0.120. The van der Waals surface area contributed by atoms with Crippen molar-refractivity contribution >= 4 is 30.1 Å². The Labute approximate surface area is 94.1 Å². The molecule has 1 rings (SSSR count). The summed E-state index contributed by atoms with van der Waals surface area (Å²) < 4.78 is 0. The lowest BCUT2D eigenvalue weighted by Crippen LogP contribution is -2.29. The van der Waals surface area contributed by atoms with Crippen LogP contribution in [0.1, 0.15) is 12.5 Å². The number of nitrogens with one attached hydrogen (secondary N) is 1. The Balaban J connectivity index is 2.54. The summed E-state index contributed by atoms with van der Waals surface area (Å²) in [7, 11) is 0. The first-order chi connectivity index (χ1) is 6.61. The zero-order valence-corrected chi connectivity index (χ0v) is 9.48. The van der Waals surface area contributed by atoms with Crippen LogP contribution in [-0.2, 0) is 11.3 Å². The van der Waals surface area contributed by atoms with E-state index in [4.69, 9.17) is 11.6 Å². The molecule has 1 unspecified atom stereocenters. The Morgan fingerprint density at radius 1 is 1.57 bits per heavy atom. The minimum Gasteiger partial charge on any atom is -0.351 e. The topological polar surface area (TPSA) is 29.1 Å². The summed E-state index contributed by atoms with van der Waals surface area (Å²) in [6.07, 6.45) is 0. The van der Waals surface area contributed by atoms with E-state index in [0.29, 0.717) is 11.6 Å². The van der Waals surface area contributed by atoms with Crippen molar-refractivity contribution in [3.05, 3.63) is 34.9 Å². The number of benzene rings is 1. The van der Waals surface area contributed by atoms with Gasteiger partial charge in [0.25, 0.3) is 0 Å². The van der Waals surface area contributed by atoms with Crippen molar-refractivity contribution in [1.29, 1.82) is 0 Å². The summed E-state index contributed by atoms with van der Waals surface area (Å²) in [5.74, 6) is -0.0896. The quantitative estimate of drug-likeness (QED) is 0.766. The standard InChI is InChI=1S/C10H12ClNOS/c1-7(14)10(13)12-6-8-4-2-3-5-9(8)11/h2-5,7,14H,6H2,1H3,(H,12,13). The Morgan fingerprint density at radius 2 is 2.21 bits per heavy atom. The highest BCUT2D eigenvalue weighted by atomic mass is 35.5. The molecule has 0 aliphatic rings. The minimum absolute atomic E-state index is 0.0896. The molecule has 0 heterocycles. The Bertz CT molecular complexity index is 328. The molecular formula is C10H12ClNOS. The smallest absolute Gasteiger partial charge is 0.232 e. The van der Waals surface area contributed by atoms with Crippen LogP contribution in [0.2, 0.25) is 5.02 Å². The van der Waals surface area contributed by atoms with E-state index >= 15 is 0 Å². The SMILES string of the molecule is CC(S)C(=O)NCc1ccccc1Cl. The third-order valence-corrected chi connectivity index (χ3v) is 2.39. The molecule has 2 nitrogen and oxygen atoms in total. The van der Waals surface area contributed by atoms with E-state index in [1.54, 1.807) is 13.0 Å². The summed E-state index contributed by atoms with van der Waals surface area (Å²) >= 11 is 9.94. The molecule has 0 aromatic heterocycles. The average molecular weight is 230 g/mol. The second-order valence-corrected chi connectivity index (χ2v) is 4.17. The molecule has 0 saturated heterocycles. The van der Waals surface area contributed by atoms with Gasteiger partial charge in [-0.25, -0.2) is 0 Å². The summed E-state index contributed by atoms with van der Waals surface area (Å²) in [6.45, 7) is 2.18. The van der Waals surface area contributed by atoms with Crippen LogP contribution in [0.3, 0.4) is 0 Å². The fourth-order valence-electron chi connectivity index (χ4n) is 0.972. The van der Waals surface area contributed by atoms with Crippen molar-refractivity contribution in [2.75, 3.05) is 0 Å². The molecule has 1 aromatic carbocycles. The molecule has 76 valence electrons. The van der Waals surface area contributed by atoms with Crippen LogP contribution in [0.4, 0.5) is 0 Å². The highest BCUT2D eigenvalue weighted by Crippen LogP contribution is 2.14. The van der Waals surface area contributed by atoms with E-state index < -0.39 is 0 Å². The zero-order chi connectivity index (χ0) is 10.6. The van der Waals surface area contributed by atoms with Crippen LogP contribution in [0.5, 0.6) is 0 Å². The predicted octanol–water partition coefficient (Wildman–Crippen LogP) is 2.27. The number of amides is 1. The van der Waals surface area contributed by atoms with Gasteiger partial charge in [0.15, 0.2) is 0 Å². The van der Waals surface area contributed by atoms with E-state index in [1.165, 1.54) is 0 Å². The lowest BCUT2D eigenvalue weighted by atomic mass is 10.2. The number of halogens is 1. The number of hydrogen-bond acceptors (Lipinski definition) is 2. The number of carbonyl (C=O) groups excluding carboxylic acids is 1. The number of thiol groups is 1. The number of carbonyl (C=O) groups is 1. The zero-order valence-electron chi connectivity index (χ0n) is 7.83. The maximum Gasteiger partial charge on any atom is 0.232 e. The van der Waals surface area contributed by atoms with Crippen molar-refractivity contribution in [3.63, 3.8) is 0 Å². The van der Waals surface area contributed by atoms with Crippen LogP contribution in [0.15, 0.2) is 24.3 Å². The van der Waals surface area contributed by atoms with Crippen molar-refractivity contribution < 1.29 is 4.79 Å². The maximum absolute atomic E-state index is 11.2. The third kappa shape index (κ3) is 3.24. The molecule has 1 aromatic rings. The minimum atomic E-state index is -0.294. The molecule has 14 heavy (non-hydrogen) atoms. The highest BCUT2D eigenvalue weighted by molar-refractivity contribution is 7.81. The van der Waals surface area contributed by atoms with Crippen molar-refractivity contribution in [3.8, 4) is 0 Å². The molecular weight excluding hydrogens is 218 g/mol. The summed E-state index contributed by atoms with van der Waals surface area (Å²) in [5, 5.41) is 3.11. The normalized spacial score (nSPS) is 12.2. The summed E-state index contributed by atoms with van der Waals surface area (Å²) in [5.41, 5.74) is 0.913. The summed E-state index contributed by atoms with van der Waals surface area (Å²) in [4.78, 5) is 11.2. The van der Waals surface area contributed by atoms with Gasteiger partial charge in [-0.1, -0.05) is 29.8 Å². The van der Waals surface area contributed by atoms with Crippen LogP contribution in [-0.4, -0.2) is 11.2 Å². The second-order valence-electron chi connectivity index (χ2n) is 2.99. The van der Waals surface area contributed by atoms with Gasteiger partial charge in [0, 0.05) is 11.6 Å². The number of hydrogen-bond donors (Lipinski definition) is 2. The van der Waals surface area contributed by atoms with E-state index in [-0.39, 0.29) is 11.2 Å². The third-order valence-electron chi connectivity index (χ3n) is 1.79. The van der Waals surface area contributed by atoms with Gasteiger partial charge in [-0.3, -0.25) is 4.79 Å². The Kier molecular flexibility index (Phi) is 4.29. The average Bonchev–Trinajstić information content (AvgIpc) is 2.16. The van der Waals surface area contributed by atoms with E-state index in [2.05, 4.69) is 17.9 Å². The molecule has 0 fully saturated rings. The fourth-order valence-corrected chi connectivity index (χ4v) is 1.27. The fraction of sp³-hybridized carbons (Fsp3) is 0.300. The van der Waals surface area contributed by atoms with Gasteiger partial charge < -0.3 is 5.32 Å². The first-order valence-corrected chi connectivity index (χ1v) is 5.20. The van der Waals surface area contributed by atoms with Gasteiger partial charge in [-0.05, 0) is 18.6 Å².